The molecule has 2 heterocycles. The molecule has 1 aromatic carbocycles. The number of aromatic carboxylic acids is 1. The van der Waals surface area contributed by atoms with Crippen LogP contribution in [0.4, 0.5) is 0 Å². The number of nitrogens with zero attached hydrogens (tertiary/aromatic N) is 2. The predicted molar refractivity (Wildman–Crippen MR) is 125 cm³/mol. The Bertz CT molecular complexity index is 811. The van der Waals surface area contributed by atoms with Crippen LogP contribution in [-0.4, -0.2) is 81.4 Å². The van der Waals surface area contributed by atoms with E-state index >= 15 is 0 Å². The van der Waals surface area contributed by atoms with Crippen molar-refractivity contribution in [1.29, 1.82) is 0 Å². The van der Waals surface area contributed by atoms with Crippen molar-refractivity contribution in [1.82, 2.24) is 9.80 Å². The van der Waals surface area contributed by atoms with E-state index in [4.69, 9.17) is 0 Å². The molecule has 7 heteroatoms. The summed E-state index contributed by atoms with van der Waals surface area (Å²) in [5, 5.41) is 28.7. The van der Waals surface area contributed by atoms with Gasteiger partial charge in [0.15, 0.2) is 6.10 Å². The van der Waals surface area contributed by atoms with Crippen molar-refractivity contribution in [3.63, 3.8) is 0 Å². The molecule has 0 radical (unpaired) electrons. The normalized spacial score (nSPS) is 26.8. The number of hydrogen-bond donors (Lipinski definition) is 3. The predicted octanol–water partition coefficient (Wildman–Crippen LogP) is 2.86. The van der Waals surface area contributed by atoms with Crippen LogP contribution in [0.5, 0.6) is 0 Å². The monoisotopic (exact) mass is 458 g/mol. The molecule has 4 rings (SSSR count). The number of aliphatic hydroxyl groups excluding tert-OH is 2. The van der Waals surface area contributed by atoms with E-state index < -0.39 is 18.7 Å². The Kier molecular flexibility index (Phi) is 8.04. The van der Waals surface area contributed by atoms with E-state index in [9.17, 15) is 24.9 Å². The smallest absolute Gasteiger partial charge is 0.335 e. The number of fused-ring (bicyclic) bond motifs is 2. The lowest BCUT2D eigenvalue weighted by Crippen LogP contribution is -2.50. The van der Waals surface area contributed by atoms with Crippen LogP contribution in [0.25, 0.3) is 0 Å². The molecular formula is C26H38N2O5. The third kappa shape index (κ3) is 5.76. The number of carbonyl (C=O) groups is 2. The molecular weight excluding hydrogens is 420 g/mol. The van der Waals surface area contributed by atoms with E-state index in [2.05, 4.69) is 4.90 Å². The maximum Gasteiger partial charge on any atom is 0.335 e. The first kappa shape index (κ1) is 24.2. The topological polar surface area (TPSA) is 101 Å². The zero-order valence-electron chi connectivity index (χ0n) is 19.4. The number of carboxylic acid groups (broad SMARTS) is 1. The van der Waals surface area contributed by atoms with Crippen LogP contribution in [0.15, 0.2) is 24.3 Å². The van der Waals surface area contributed by atoms with E-state index in [1.54, 1.807) is 11.0 Å². The van der Waals surface area contributed by atoms with Crippen LogP contribution in [0.1, 0.15) is 79.6 Å². The third-order valence-corrected chi connectivity index (χ3v) is 8.09. The van der Waals surface area contributed by atoms with Gasteiger partial charge in [-0.3, -0.25) is 9.69 Å². The number of carboxylic acids is 1. The van der Waals surface area contributed by atoms with Crippen molar-refractivity contribution < 1.29 is 24.9 Å². The lowest BCUT2D eigenvalue weighted by atomic mass is 9.84. The number of piperidine rings is 1. The lowest BCUT2D eigenvalue weighted by molar-refractivity contribution is -0.143. The van der Waals surface area contributed by atoms with E-state index in [0.29, 0.717) is 42.6 Å². The van der Waals surface area contributed by atoms with Crippen LogP contribution in [-0.2, 0) is 4.79 Å². The van der Waals surface area contributed by atoms with Crippen molar-refractivity contribution in [2.24, 2.45) is 5.92 Å². The van der Waals surface area contributed by atoms with E-state index in [0.717, 1.165) is 50.6 Å². The van der Waals surface area contributed by atoms with Gasteiger partial charge in [-0.15, -0.1) is 0 Å². The molecule has 2 aliphatic heterocycles. The van der Waals surface area contributed by atoms with Crippen LogP contribution >= 0.6 is 0 Å². The van der Waals surface area contributed by atoms with Gasteiger partial charge in [0.2, 0.25) is 0 Å². The molecule has 1 aliphatic carbocycles. The molecule has 0 spiro atoms. The molecule has 7 nitrogen and oxygen atoms in total. The highest BCUT2D eigenvalue weighted by atomic mass is 16.4. The maximum atomic E-state index is 12.8. The highest BCUT2D eigenvalue weighted by molar-refractivity contribution is 5.87. The van der Waals surface area contributed by atoms with Crippen LogP contribution in [0, 0.1) is 5.92 Å². The third-order valence-electron chi connectivity index (χ3n) is 8.09. The molecule has 3 N–H and O–H groups in total. The first-order valence-corrected chi connectivity index (χ1v) is 12.6. The van der Waals surface area contributed by atoms with Crippen molar-refractivity contribution in [3.05, 3.63) is 35.4 Å². The van der Waals surface area contributed by atoms with Gasteiger partial charge in [-0.2, -0.15) is 0 Å². The van der Waals surface area contributed by atoms with Gasteiger partial charge in [0.1, 0.15) is 0 Å². The van der Waals surface area contributed by atoms with Crippen molar-refractivity contribution in [2.75, 3.05) is 26.2 Å². The Balaban J connectivity index is 1.38. The maximum absolute atomic E-state index is 12.8. The zero-order chi connectivity index (χ0) is 23.4. The highest BCUT2D eigenvalue weighted by Gasteiger charge is 2.41. The molecule has 2 unspecified atom stereocenters. The summed E-state index contributed by atoms with van der Waals surface area (Å²) in [6.07, 6.45) is 8.88. The number of aliphatic hydroxyl groups is 2. The van der Waals surface area contributed by atoms with E-state index in [1.165, 1.54) is 19.3 Å². The van der Waals surface area contributed by atoms with E-state index in [-0.39, 0.29) is 5.91 Å². The van der Waals surface area contributed by atoms with Gasteiger partial charge in [0.25, 0.3) is 5.91 Å². The van der Waals surface area contributed by atoms with Gasteiger partial charge in [0.05, 0.1) is 12.2 Å². The van der Waals surface area contributed by atoms with Gasteiger partial charge < -0.3 is 20.2 Å². The molecule has 3 atom stereocenters. The fraction of sp³-hybridized carbons (Fsp3) is 0.692. The Morgan fingerprint density at radius 1 is 1.06 bits per heavy atom. The SMILES string of the molecule is O=C(O)c1cccc(C2CC3CCC(C2)N3CCN(CC2CCCCC2)C(=O)[C@@H](O)CO)c1. The van der Waals surface area contributed by atoms with Crippen LogP contribution in [0.2, 0.25) is 0 Å². The Morgan fingerprint density at radius 3 is 2.39 bits per heavy atom. The van der Waals surface area contributed by atoms with Gasteiger partial charge >= 0.3 is 5.97 Å². The van der Waals surface area contributed by atoms with Gasteiger partial charge in [-0.25, -0.2) is 4.79 Å². The summed E-state index contributed by atoms with van der Waals surface area (Å²) in [5.41, 5.74) is 1.47. The molecule has 3 fully saturated rings. The summed E-state index contributed by atoms with van der Waals surface area (Å²) < 4.78 is 0. The highest BCUT2D eigenvalue weighted by Crippen LogP contribution is 2.43. The Morgan fingerprint density at radius 2 is 1.76 bits per heavy atom. The summed E-state index contributed by atoms with van der Waals surface area (Å²) in [4.78, 5) is 28.5. The summed E-state index contributed by atoms with van der Waals surface area (Å²) in [5.74, 6) is -0.382. The fourth-order valence-electron chi connectivity index (χ4n) is 6.33. The molecule has 182 valence electrons. The largest absolute Gasteiger partial charge is 0.478 e. The number of carbonyl (C=O) groups excluding carboxylic acids is 1. The number of hydrogen-bond acceptors (Lipinski definition) is 5. The standard InChI is InChI=1S/C26H38N2O5/c29-17-24(30)25(31)27(16-18-5-2-1-3-6-18)11-12-28-22-9-10-23(28)15-21(14-22)19-7-4-8-20(13-19)26(32)33/h4,7-8,13,18,21-24,29-30H,1-3,5-6,9-12,14-17H2,(H,32,33)/t21?,22?,23?,24-/m0/s1. The second-order valence-electron chi connectivity index (χ2n) is 10.2. The number of benzene rings is 1. The minimum atomic E-state index is -1.34. The average molecular weight is 459 g/mol. The van der Waals surface area contributed by atoms with Gasteiger partial charge in [-0.1, -0.05) is 31.4 Å². The first-order valence-electron chi connectivity index (χ1n) is 12.6. The van der Waals surface area contributed by atoms with Crippen molar-refractivity contribution in [3.8, 4) is 0 Å². The van der Waals surface area contributed by atoms with Gasteiger partial charge in [0, 0.05) is 31.7 Å². The number of amides is 1. The minimum Gasteiger partial charge on any atom is -0.478 e. The molecule has 3 aliphatic rings. The molecule has 33 heavy (non-hydrogen) atoms. The van der Waals surface area contributed by atoms with Crippen molar-refractivity contribution in [2.45, 2.75) is 81.9 Å². The Labute approximate surface area is 196 Å². The summed E-state index contributed by atoms with van der Waals surface area (Å²) in [6, 6.07) is 8.24. The van der Waals surface area contributed by atoms with Crippen molar-refractivity contribution >= 4 is 11.9 Å². The number of rotatable bonds is 9. The summed E-state index contributed by atoms with van der Waals surface area (Å²) in [7, 11) is 0. The molecule has 0 aromatic heterocycles. The van der Waals surface area contributed by atoms with E-state index in [1.807, 2.05) is 18.2 Å². The van der Waals surface area contributed by atoms with Gasteiger partial charge in [-0.05, 0) is 68.1 Å². The molecule has 1 amide bonds. The van der Waals surface area contributed by atoms with Crippen LogP contribution < -0.4 is 0 Å². The quantitative estimate of drug-likeness (QED) is 0.526. The molecule has 2 saturated heterocycles. The molecule has 1 aromatic rings. The zero-order valence-corrected chi connectivity index (χ0v) is 19.4. The summed E-state index contributed by atoms with van der Waals surface area (Å²) >= 11 is 0. The lowest BCUT2D eigenvalue weighted by Gasteiger charge is -2.40. The Hall–Kier alpha value is -1.96. The summed E-state index contributed by atoms with van der Waals surface area (Å²) in [6.45, 7) is 1.50. The molecule has 2 bridgehead atoms. The second-order valence-corrected chi connectivity index (χ2v) is 10.2. The molecule has 1 saturated carbocycles. The minimum absolute atomic E-state index is 0.349. The average Bonchev–Trinajstić information content (AvgIpc) is 3.07. The fourth-order valence-corrected chi connectivity index (χ4v) is 6.33. The van der Waals surface area contributed by atoms with Crippen LogP contribution in [0.3, 0.4) is 0 Å². The first-order chi connectivity index (χ1) is 16.0. The second kappa shape index (κ2) is 11.0.